The molecular weight excluding hydrogens is 865 g/mol. The van der Waals surface area contributed by atoms with Gasteiger partial charge in [-0.3, -0.25) is 29.5 Å². The van der Waals surface area contributed by atoms with Crippen LogP contribution in [0.15, 0.2) is 41.9 Å². The lowest BCUT2D eigenvalue weighted by Gasteiger charge is -2.48. The molecule has 4 aromatic rings. The zero-order valence-electron chi connectivity index (χ0n) is 39.0. The van der Waals surface area contributed by atoms with Gasteiger partial charge in [0.25, 0.3) is 5.91 Å². The van der Waals surface area contributed by atoms with E-state index in [1.54, 1.807) is 30.3 Å². The Labute approximate surface area is 387 Å². The van der Waals surface area contributed by atoms with Crippen LogP contribution in [0.2, 0.25) is 5.54 Å². The fraction of sp³-hybridized carbons (Fsp3) is 0.574. The van der Waals surface area contributed by atoms with Gasteiger partial charge in [-0.05, 0) is 68.9 Å². The molecule has 1 aromatic carbocycles. The molecule has 3 aromatic heterocycles. The molecule has 4 amide bonds. The number of hydrogen-bond acceptors (Lipinski definition) is 12. The van der Waals surface area contributed by atoms with Gasteiger partial charge in [0, 0.05) is 79.2 Å². The fourth-order valence-corrected chi connectivity index (χ4v) is 12.2. The zero-order valence-corrected chi connectivity index (χ0v) is 41.2. The molecule has 3 saturated heterocycles. The molecule has 18 heteroatoms. The second-order valence-electron chi connectivity index (χ2n) is 19.2. The Morgan fingerprint density at radius 2 is 1.94 bits per heavy atom. The summed E-state index contributed by atoms with van der Waals surface area (Å²) in [5.41, 5.74) is 5.45. The summed E-state index contributed by atoms with van der Waals surface area (Å²) >= 11 is 1.44. The molecule has 4 aliphatic rings. The molecule has 65 heavy (non-hydrogen) atoms. The second-order valence-corrected chi connectivity index (χ2v) is 21.8. The van der Waals surface area contributed by atoms with E-state index in [2.05, 4.69) is 60.0 Å². The Morgan fingerprint density at radius 3 is 2.66 bits per heavy atom. The average molecular weight is 929 g/mol. The Morgan fingerprint density at radius 1 is 1.14 bits per heavy atom. The van der Waals surface area contributed by atoms with Crippen LogP contribution in [0, 0.1) is 11.3 Å². The van der Waals surface area contributed by atoms with E-state index in [0.29, 0.717) is 70.3 Å². The molecule has 6 bridgehead atoms. The van der Waals surface area contributed by atoms with Crippen LogP contribution in [0.4, 0.5) is 4.79 Å². The fourth-order valence-electron chi connectivity index (χ4n) is 9.79. The number of methoxy groups -OCH3 is 1. The summed E-state index contributed by atoms with van der Waals surface area (Å²) in [6.45, 7) is 15.5. The van der Waals surface area contributed by atoms with Crippen molar-refractivity contribution in [1.82, 2.24) is 39.8 Å². The number of likely N-dealkylation sites (N-methyl/N-ethyl adjacent to an activating group) is 1. The van der Waals surface area contributed by atoms with E-state index in [-0.39, 0.29) is 48.5 Å². The van der Waals surface area contributed by atoms with Crippen molar-refractivity contribution in [1.29, 1.82) is 0 Å². The van der Waals surface area contributed by atoms with E-state index in [9.17, 15) is 19.2 Å². The number of cyclic esters (lactones) is 1. The number of ether oxygens (including phenoxy) is 4. The molecule has 1 spiro atoms. The first-order chi connectivity index (χ1) is 31.1. The Hall–Kier alpha value is -4.72. The van der Waals surface area contributed by atoms with Crippen molar-refractivity contribution in [3.63, 3.8) is 0 Å². The number of thiazole rings is 1. The van der Waals surface area contributed by atoms with Crippen molar-refractivity contribution in [2.45, 2.75) is 103 Å². The number of aryl methyl sites for hydroxylation is 1. The summed E-state index contributed by atoms with van der Waals surface area (Å²) in [7, 11) is 1.95. The number of nitrogens with one attached hydrogen (secondary N) is 2. The van der Waals surface area contributed by atoms with E-state index in [1.807, 2.05) is 32.2 Å². The lowest BCUT2D eigenvalue weighted by molar-refractivity contribution is -0.232. The number of aromatic nitrogens is 3. The van der Waals surface area contributed by atoms with Crippen LogP contribution in [0.1, 0.15) is 76.8 Å². The highest BCUT2D eigenvalue weighted by atomic mass is 32.1. The number of hydrogen-bond donors (Lipinski definition) is 2. The van der Waals surface area contributed by atoms with Gasteiger partial charge in [0.05, 0.1) is 66.7 Å². The molecule has 0 unspecified atom stereocenters. The van der Waals surface area contributed by atoms with Gasteiger partial charge in [-0.25, -0.2) is 9.78 Å². The predicted octanol–water partition coefficient (Wildman–Crippen LogP) is 4.88. The number of hydrazine groups is 1. The first kappa shape index (κ1) is 46.8. The van der Waals surface area contributed by atoms with Crippen LogP contribution in [-0.4, -0.2) is 141 Å². The van der Waals surface area contributed by atoms with E-state index in [0.717, 1.165) is 44.7 Å². The summed E-state index contributed by atoms with van der Waals surface area (Å²) in [5, 5.41) is 11.8. The van der Waals surface area contributed by atoms with Crippen LogP contribution in [-0.2, 0) is 52.7 Å². The highest BCUT2D eigenvalue weighted by molar-refractivity contribution is 7.10. The van der Waals surface area contributed by atoms with Crippen LogP contribution in [0.5, 0.6) is 0 Å². The van der Waals surface area contributed by atoms with Gasteiger partial charge < -0.3 is 38.6 Å². The highest BCUT2D eigenvalue weighted by Crippen LogP contribution is 2.42. The molecule has 0 aliphatic carbocycles. The molecule has 4 atom stereocenters. The predicted molar refractivity (Wildman–Crippen MR) is 251 cm³/mol. The largest absolute Gasteiger partial charge is 0.465 e. The van der Waals surface area contributed by atoms with Crippen molar-refractivity contribution >= 4 is 55.7 Å². The van der Waals surface area contributed by atoms with E-state index in [4.69, 9.17) is 28.9 Å². The van der Waals surface area contributed by atoms with Gasteiger partial charge in [-0.2, -0.15) is 0 Å². The van der Waals surface area contributed by atoms with Crippen molar-refractivity contribution in [3.8, 4) is 22.5 Å². The normalized spacial score (nSPS) is 22.5. The van der Waals surface area contributed by atoms with Gasteiger partial charge in [0.2, 0.25) is 5.91 Å². The number of rotatable bonds is 8. The summed E-state index contributed by atoms with van der Waals surface area (Å²) < 4.78 is 25.7. The topological polar surface area (TPSA) is 170 Å². The van der Waals surface area contributed by atoms with Crippen LogP contribution >= 0.6 is 11.3 Å². The van der Waals surface area contributed by atoms with Crippen molar-refractivity contribution < 1.29 is 38.1 Å². The number of benzene rings is 1. The summed E-state index contributed by atoms with van der Waals surface area (Å²) in [4.78, 5) is 70.2. The third kappa shape index (κ3) is 9.61. The first-order valence-corrected chi connectivity index (χ1v) is 25.4. The molecule has 4 aliphatic heterocycles. The number of amides is 4. The standard InChI is InChI=1S/C47H64N8O8SSi/c1-9-54-36-15-14-30-20-32(36)33(41(54)31-12-10-16-48-39(31)29(4)60-8)22-46(5,6)25-62-44(58)37-13-11-17-55(51-65-37)43(57)34(21-38-49-35(30)23-64-38)50-42(56)40(28(2)3)52(7)45(59)53-18-19-63-47(24-53)26-61-27-47/h10,12,14-16,20,23,28-29,34,37,40,51H,9,11,13,17-19,21-22,24-27,65H2,1-8H3,(H,50,56)/t29-,34-,37-,40-/m0/s1. The maximum Gasteiger partial charge on any atom is 0.320 e. The number of morpholine rings is 1. The lowest BCUT2D eigenvalue weighted by atomic mass is 9.84. The number of esters is 1. The third-order valence-corrected chi connectivity index (χ3v) is 16.0. The number of fused-ring (bicyclic) bond motifs is 7. The highest BCUT2D eigenvalue weighted by Gasteiger charge is 2.46. The van der Waals surface area contributed by atoms with E-state index in [1.165, 1.54) is 16.2 Å². The lowest BCUT2D eigenvalue weighted by Crippen LogP contribution is -2.66. The van der Waals surface area contributed by atoms with Gasteiger partial charge in [0.15, 0.2) is 0 Å². The van der Waals surface area contributed by atoms with Crippen molar-refractivity contribution in [2.24, 2.45) is 11.3 Å². The Bertz CT molecular complexity index is 2420. The minimum Gasteiger partial charge on any atom is -0.465 e. The first-order valence-electron chi connectivity index (χ1n) is 23.0. The molecule has 3 fully saturated rings. The maximum absolute atomic E-state index is 14.7. The molecule has 8 rings (SSSR count). The van der Waals surface area contributed by atoms with Crippen LogP contribution in [0.25, 0.3) is 33.4 Å². The van der Waals surface area contributed by atoms with E-state index < -0.39 is 38.7 Å². The van der Waals surface area contributed by atoms with Crippen LogP contribution in [0.3, 0.4) is 0 Å². The van der Waals surface area contributed by atoms with Gasteiger partial charge in [0.1, 0.15) is 27.4 Å². The molecule has 0 radical (unpaired) electrons. The summed E-state index contributed by atoms with van der Waals surface area (Å²) in [6, 6.07) is 8.33. The van der Waals surface area contributed by atoms with E-state index >= 15 is 0 Å². The zero-order chi connectivity index (χ0) is 46.2. The average Bonchev–Trinajstić information content (AvgIpc) is 3.77. The van der Waals surface area contributed by atoms with Gasteiger partial charge in [-0.15, -0.1) is 11.3 Å². The number of pyridine rings is 1. The quantitative estimate of drug-likeness (QED) is 0.183. The molecule has 7 heterocycles. The molecule has 2 N–H and O–H groups in total. The summed E-state index contributed by atoms with van der Waals surface area (Å²) in [6.07, 6.45) is 3.48. The third-order valence-electron chi connectivity index (χ3n) is 13.3. The van der Waals surface area contributed by atoms with Crippen molar-refractivity contribution in [2.75, 3.05) is 60.2 Å². The number of nitrogens with zero attached hydrogens (tertiary/aromatic N) is 6. The number of urea groups is 1. The maximum atomic E-state index is 14.7. The molecule has 350 valence electrons. The second kappa shape index (κ2) is 19.2. The summed E-state index contributed by atoms with van der Waals surface area (Å²) in [5.74, 6) is -1.27. The van der Waals surface area contributed by atoms with Crippen molar-refractivity contribution in [3.05, 3.63) is 58.2 Å². The molecule has 16 nitrogen and oxygen atoms in total. The Balaban J connectivity index is 1.16. The van der Waals surface area contributed by atoms with Crippen LogP contribution < -0.4 is 10.4 Å². The Kier molecular flexibility index (Phi) is 13.9. The van der Waals surface area contributed by atoms with Gasteiger partial charge >= 0.3 is 12.0 Å². The number of carbonyl (C=O) groups excluding carboxylic acids is 4. The monoisotopic (exact) mass is 928 g/mol. The SMILES string of the molecule is CCn1c(-c2cccnc2[C@H](C)OC)c2c3cc(ccc31)-c1csc(n1)C[C@H](NC(=O)[C@H](C(C)C)N(C)C(=O)N1CCOC3(COC3)C1)C(=O)N1CCC[C@H]([SiH2]N1)C(=O)OCC(C)(C)C2. The molecule has 0 saturated carbocycles. The smallest absolute Gasteiger partial charge is 0.320 e. The number of carbonyl (C=O) groups is 4. The van der Waals surface area contributed by atoms with Gasteiger partial charge in [-0.1, -0.05) is 33.8 Å². The molecular formula is C47H64N8O8SSi. The minimum atomic E-state index is -1.39. The minimum absolute atomic E-state index is 0.133.